The van der Waals surface area contributed by atoms with Crippen molar-refractivity contribution in [2.75, 3.05) is 11.4 Å². The van der Waals surface area contributed by atoms with Gasteiger partial charge in [0.15, 0.2) is 5.52 Å². The largest absolute Gasteiger partial charge is 0.481 e. The Morgan fingerprint density at radius 1 is 1.48 bits per heavy atom. The number of carboxylic acid groups (broad SMARTS) is 1. The molecule has 0 aliphatic heterocycles. The minimum atomic E-state index is -0.919. The summed E-state index contributed by atoms with van der Waals surface area (Å²) in [6, 6.07) is 2.55. The van der Waals surface area contributed by atoms with Crippen molar-refractivity contribution in [3.63, 3.8) is 0 Å². The number of hydrogen-bond acceptors (Lipinski definition) is 7. The van der Waals surface area contributed by atoms with Gasteiger partial charge in [0, 0.05) is 18.7 Å². The summed E-state index contributed by atoms with van der Waals surface area (Å²) >= 11 is 0. The van der Waals surface area contributed by atoms with E-state index in [2.05, 4.69) is 14.9 Å². The Balaban J connectivity index is 2.50. The molecule has 112 valence electrons. The lowest BCUT2D eigenvalue weighted by atomic mass is 10.1. The van der Waals surface area contributed by atoms with Crippen molar-refractivity contribution in [2.24, 2.45) is 0 Å². The van der Waals surface area contributed by atoms with Gasteiger partial charge in [0.05, 0.1) is 17.0 Å². The number of hydrogen-bond donors (Lipinski definition) is 1. The SMILES string of the molecule is CCN(c1ccc([N+](=O)[O-])c2nonc12)C(C)CC(=O)O. The molecule has 21 heavy (non-hydrogen) atoms. The molecular weight excluding hydrogens is 280 g/mol. The highest BCUT2D eigenvalue weighted by atomic mass is 16.6. The Labute approximate surface area is 119 Å². The van der Waals surface area contributed by atoms with Gasteiger partial charge in [-0.3, -0.25) is 14.9 Å². The molecule has 1 atom stereocenters. The first-order valence-corrected chi connectivity index (χ1v) is 6.33. The van der Waals surface area contributed by atoms with E-state index in [1.165, 1.54) is 12.1 Å². The summed E-state index contributed by atoms with van der Waals surface area (Å²) in [5, 5.41) is 27.1. The minimum absolute atomic E-state index is 0.0541. The first-order chi connectivity index (χ1) is 9.95. The van der Waals surface area contributed by atoms with Gasteiger partial charge in [0.2, 0.25) is 5.52 Å². The van der Waals surface area contributed by atoms with E-state index in [1.54, 1.807) is 11.8 Å². The second-order valence-corrected chi connectivity index (χ2v) is 4.56. The van der Waals surface area contributed by atoms with Crippen molar-refractivity contribution in [3.05, 3.63) is 22.2 Å². The fourth-order valence-corrected chi connectivity index (χ4v) is 2.30. The molecular formula is C12H14N4O5. The standard InChI is InChI=1S/C12H14N4O5/c1-3-15(7(2)6-10(17)18)8-4-5-9(16(19)20)12-11(8)13-21-14-12/h4-5,7H,3,6H2,1-2H3,(H,17,18). The first-order valence-electron chi connectivity index (χ1n) is 6.33. The van der Waals surface area contributed by atoms with E-state index in [-0.39, 0.29) is 29.2 Å². The van der Waals surface area contributed by atoms with Crippen LogP contribution in [0.4, 0.5) is 11.4 Å². The predicted molar refractivity (Wildman–Crippen MR) is 73.2 cm³/mol. The van der Waals surface area contributed by atoms with Gasteiger partial charge in [0.1, 0.15) is 0 Å². The molecule has 0 bridgehead atoms. The average molecular weight is 294 g/mol. The normalized spacial score (nSPS) is 12.3. The maximum absolute atomic E-state index is 10.9. The highest BCUT2D eigenvalue weighted by molar-refractivity contribution is 5.94. The van der Waals surface area contributed by atoms with Gasteiger partial charge >= 0.3 is 11.7 Å². The summed E-state index contributed by atoms with van der Waals surface area (Å²) in [5.41, 5.74) is 0.673. The van der Waals surface area contributed by atoms with Crippen LogP contribution < -0.4 is 4.90 Å². The molecule has 0 aliphatic carbocycles. The van der Waals surface area contributed by atoms with Gasteiger partial charge < -0.3 is 10.0 Å². The minimum Gasteiger partial charge on any atom is -0.481 e. The lowest BCUT2D eigenvalue weighted by Crippen LogP contribution is -2.34. The molecule has 9 nitrogen and oxygen atoms in total. The van der Waals surface area contributed by atoms with Crippen LogP contribution in [0.1, 0.15) is 20.3 Å². The lowest BCUT2D eigenvalue weighted by molar-refractivity contribution is -0.383. The van der Waals surface area contributed by atoms with Crippen LogP contribution in [0.3, 0.4) is 0 Å². The van der Waals surface area contributed by atoms with Gasteiger partial charge in [-0.25, -0.2) is 4.63 Å². The Hall–Kier alpha value is -2.71. The number of anilines is 1. The molecule has 9 heteroatoms. The number of aliphatic carboxylic acids is 1. The topological polar surface area (TPSA) is 123 Å². The van der Waals surface area contributed by atoms with Crippen molar-refractivity contribution in [1.29, 1.82) is 0 Å². The van der Waals surface area contributed by atoms with Crippen LogP contribution in [0.2, 0.25) is 0 Å². The summed E-state index contributed by atoms with van der Waals surface area (Å²) in [4.78, 5) is 23.0. The summed E-state index contributed by atoms with van der Waals surface area (Å²) in [6.07, 6.45) is -0.0579. The average Bonchev–Trinajstić information content (AvgIpc) is 2.87. The van der Waals surface area contributed by atoms with E-state index in [0.29, 0.717) is 12.2 Å². The number of carbonyl (C=O) groups is 1. The molecule has 0 radical (unpaired) electrons. The van der Waals surface area contributed by atoms with E-state index in [0.717, 1.165) is 0 Å². The summed E-state index contributed by atoms with van der Waals surface area (Å²) < 4.78 is 4.60. The molecule has 1 N–H and O–H groups in total. The maximum Gasteiger partial charge on any atom is 0.305 e. The van der Waals surface area contributed by atoms with E-state index in [4.69, 9.17) is 5.11 Å². The lowest BCUT2D eigenvalue weighted by Gasteiger charge is -2.29. The number of nitro groups is 1. The maximum atomic E-state index is 10.9. The second-order valence-electron chi connectivity index (χ2n) is 4.56. The van der Waals surface area contributed by atoms with Crippen molar-refractivity contribution in [3.8, 4) is 0 Å². The molecule has 0 spiro atoms. The number of fused-ring (bicyclic) bond motifs is 1. The smallest absolute Gasteiger partial charge is 0.305 e. The number of benzene rings is 1. The number of nitrogens with zero attached hydrogens (tertiary/aromatic N) is 4. The summed E-state index contributed by atoms with van der Waals surface area (Å²) in [7, 11) is 0. The van der Waals surface area contributed by atoms with Gasteiger partial charge in [-0.15, -0.1) is 0 Å². The van der Waals surface area contributed by atoms with Crippen molar-refractivity contribution >= 4 is 28.4 Å². The molecule has 2 aromatic rings. The van der Waals surface area contributed by atoms with Crippen LogP contribution in [-0.4, -0.2) is 38.9 Å². The van der Waals surface area contributed by atoms with Gasteiger partial charge in [-0.05, 0) is 30.2 Å². The van der Waals surface area contributed by atoms with E-state index >= 15 is 0 Å². The molecule has 1 unspecified atom stereocenters. The number of nitro benzene ring substituents is 1. The van der Waals surface area contributed by atoms with Crippen LogP contribution in [0, 0.1) is 10.1 Å². The summed E-state index contributed by atoms with van der Waals surface area (Å²) in [5.74, 6) is -0.919. The monoisotopic (exact) mass is 294 g/mol. The highest BCUT2D eigenvalue weighted by Gasteiger charge is 2.24. The number of carboxylic acids is 1. The van der Waals surface area contributed by atoms with Crippen molar-refractivity contribution < 1.29 is 19.5 Å². The van der Waals surface area contributed by atoms with Crippen LogP contribution >= 0.6 is 0 Å². The Morgan fingerprint density at radius 3 is 2.71 bits per heavy atom. The van der Waals surface area contributed by atoms with Crippen molar-refractivity contribution in [1.82, 2.24) is 10.3 Å². The number of rotatable bonds is 6. The molecule has 1 heterocycles. The zero-order valence-corrected chi connectivity index (χ0v) is 11.5. The summed E-state index contributed by atoms with van der Waals surface area (Å²) in [6.45, 7) is 4.14. The van der Waals surface area contributed by atoms with E-state index < -0.39 is 10.9 Å². The fraction of sp³-hybridized carbons (Fsp3) is 0.417. The Morgan fingerprint density at radius 2 is 2.14 bits per heavy atom. The second kappa shape index (κ2) is 5.73. The quantitative estimate of drug-likeness (QED) is 0.632. The van der Waals surface area contributed by atoms with E-state index in [9.17, 15) is 14.9 Å². The van der Waals surface area contributed by atoms with Crippen LogP contribution in [0.5, 0.6) is 0 Å². The predicted octanol–water partition coefficient (Wildman–Crippen LogP) is 1.82. The molecule has 1 aromatic carbocycles. The van der Waals surface area contributed by atoms with E-state index in [1.807, 2.05) is 6.92 Å². The molecule has 0 saturated carbocycles. The fourth-order valence-electron chi connectivity index (χ4n) is 2.30. The first kappa shape index (κ1) is 14.7. The van der Waals surface area contributed by atoms with Crippen LogP contribution in [0.15, 0.2) is 16.8 Å². The third-order valence-corrected chi connectivity index (χ3v) is 3.22. The zero-order chi connectivity index (χ0) is 15.6. The van der Waals surface area contributed by atoms with Gasteiger partial charge in [0.25, 0.3) is 0 Å². The van der Waals surface area contributed by atoms with Gasteiger partial charge in [-0.1, -0.05) is 0 Å². The van der Waals surface area contributed by atoms with Crippen LogP contribution in [-0.2, 0) is 4.79 Å². The zero-order valence-electron chi connectivity index (χ0n) is 11.5. The van der Waals surface area contributed by atoms with Crippen LogP contribution in [0.25, 0.3) is 11.0 Å². The van der Waals surface area contributed by atoms with Gasteiger partial charge in [-0.2, -0.15) is 0 Å². The third-order valence-electron chi connectivity index (χ3n) is 3.22. The molecule has 0 amide bonds. The number of aromatic nitrogens is 2. The molecule has 2 rings (SSSR count). The molecule has 0 fully saturated rings. The third kappa shape index (κ3) is 2.76. The molecule has 1 aromatic heterocycles. The molecule has 0 saturated heterocycles. The Bertz CT molecular complexity index is 683. The number of non-ortho nitro benzene ring substituents is 1. The highest BCUT2D eigenvalue weighted by Crippen LogP contribution is 2.32. The Kier molecular flexibility index (Phi) is 4.01. The van der Waals surface area contributed by atoms with Crippen molar-refractivity contribution in [2.45, 2.75) is 26.3 Å². The molecule has 0 aliphatic rings.